The molecule has 3 atom stereocenters. The van der Waals surface area contributed by atoms with Crippen LogP contribution in [0.2, 0.25) is 0 Å². The van der Waals surface area contributed by atoms with Crippen LogP contribution in [0.3, 0.4) is 0 Å². The van der Waals surface area contributed by atoms with Gasteiger partial charge in [-0.1, -0.05) is 0 Å². The van der Waals surface area contributed by atoms with Crippen LogP contribution in [-0.4, -0.2) is 106 Å². The molecule has 0 aliphatic rings. The van der Waals surface area contributed by atoms with Gasteiger partial charge in [-0.15, -0.1) is 0 Å². The molecule has 0 heterocycles. The lowest BCUT2D eigenvalue weighted by Gasteiger charge is -2.20. The molecule has 3 amide bonds. The fraction of sp³-hybridized carbons (Fsp3) is 0.500. The third-order valence-electron chi connectivity index (χ3n) is 4.13. The predicted octanol–water partition coefficient (Wildman–Crippen LogP) is -2.25. The number of hydrogen-bond acceptors (Lipinski definition) is 9. The van der Waals surface area contributed by atoms with E-state index in [1.807, 2.05) is 0 Å². The second-order valence-electron chi connectivity index (χ2n) is 6.71. The summed E-state index contributed by atoms with van der Waals surface area (Å²) in [5.41, 5.74) is -0.0765. The molecule has 0 saturated heterocycles. The zero-order valence-electron chi connectivity index (χ0n) is 17.0. The van der Waals surface area contributed by atoms with Crippen LogP contribution < -0.4 is 16.0 Å². The van der Waals surface area contributed by atoms with Crippen LogP contribution in [0.4, 0.5) is 0 Å². The number of rotatable bonds is 12. The van der Waals surface area contributed by atoms with Gasteiger partial charge in [-0.25, -0.2) is 0 Å². The Morgan fingerprint density at radius 2 is 0.788 bits per heavy atom. The summed E-state index contributed by atoms with van der Waals surface area (Å²) in [6.45, 7) is -2.57. The lowest BCUT2D eigenvalue weighted by atomic mass is 10.0. The molecular formula is C18H24I3N3O9. The van der Waals surface area contributed by atoms with Gasteiger partial charge in [0.2, 0.25) is 0 Å². The number of carbonyl (C=O) groups excluding carboxylic acids is 3. The van der Waals surface area contributed by atoms with E-state index in [9.17, 15) is 29.7 Å². The van der Waals surface area contributed by atoms with Crippen molar-refractivity contribution in [3.05, 3.63) is 27.4 Å². The summed E-state index contributed by atoms with van der Waals surface area (Å²) in [7, 11) is 0. The van der Waals surface area contributed by atoms with Gasteiger partial charge in [-0.3, -0.25) is 14.4 Å². The van der Waals surface area contributed by atoms with E-state index < -0.39 is 55.9 Å². The Hall–Kier alpha value is -0.420. The van der Waals surface area contributed by atoms with Crippen molar-refractivity contribution in [3.63, 3.8) is 0 Å². The monoisotopic (exact) mass is 807 g/mol. The van der Waals surface area contributed by atoms with Crippen molar-refractivity contribution in [2.24, 2.45) is 0 Å². The average Bonchev–Trinajstić information content (AvgIpc) is 2.78. The van der Waals surface area contributed by atoms with E-state index in [-0.39, 0.29) is 47.0 Å². The highest BCUT2D eigenvalue weighted by atomic mass is 127. The first-order chi connectivity index (χ1) is 15.5. The summed E-state index contributed by atoms with van der Waals surface area (Å²) in [5.74, 6) is -2.12. The Labute approximate surface area is 229 Å². The lowest BCUT2D eigenvalue weighted by Crippen LogP contribution is -2.39. The molecule has 0 unspecified atom stereocenters. The molecule has 1 aromatic carbocycles. The summed E-state index contributed by atoms with van der Waals surface area (Å²) >= 11 is 5.32. The molecule has 1 aromatic rings. The van der Waals surface area contributed by atoms with Crippen LogP contribution in [-0.2, 0) is 0 Å². The normalized spacial score (nSPS) is 13.7. The number of aliphatic hydroxyl groups is 6. The number of hydrogen-bond donors (Lipinski definition) is 9. The van der Waals surface area contributed by atoms with Crippen LogP contribution in [0.15, 0.2) is 0 Å². The first kappa shape index (κ1) is 30.6. The average molecular weight is 807 g/mol. The van der Waals surface area contributed by atoms with Gasteiger partial charge in [0.1, 0.15) is 0 Å². The van der Waals surface area contributed by atoms with Gasteiger partial charge in [0.05, 0.1) is 54.8 Å². The van der Waals surface area contributed by atoms with Crippen LogP contribution in [0.25, 0.3) is 0 Å². The topological polar surface area (TPSA) is 209 Å². The van der Waals surface area contributed by atoms with E-state index in [1.165, 1.54) is 0 Å². The van der Waals surface area contributed by atoms with Crippen molar-refractivity contribution < 1.29 is 45.0 Å². The van der Waals surface area contributed by atoms with E-state index in [0.29, 0.717) is 0 Å². The Balaban J connectivity index is 3.52. The van der Waals surface area contributed by atoms with Gasteiger partial charge in [-0.2, -0.15) is 0 Å². The molecule has 0 fully saturated rings. The molecule has 12 nitrogen and oxygen atoms in total. The maximum atomic E-state index is 12.9. The molecule has 0 aromatic heterocycles. The molecule has 0 saturated carbocycles. The minimum atomic E-state index is -1.21. The van der Waals surface area contributed by atoms with Crippen molar-refractivity contribution in [1.82, 2.24) is 16.0 Å². The van der Waals surface area contributed by atoms with E-state index in [1.54, 1.807) is 67.8 Å². The minimum Gasteiger partial charge on any atom is -0.394 e. The number of nitrogens with one attached hydrogen (secondary N) is 3. The smallest absolute Gasteiger partial charge is 0.253 e. The largest absolute Gasteiger partial charge is 0.394 e. The zero-order chi connectivity index (χ0) is 25.3. The highest BCUT2D eigenvalue weighted by molar-refractivity contribution is 14.1. The van der Waals surface area contributed by atoms with E-state index in [2.05, 4.69) is 16.0 Å². The third-order valence-corrected chi connectivity index (χ3v) is 7.36. The quantitative estimate of drug-likeness (QED) is 0.105. The molecule has 9 N–H and O–H groups in total. The van der Waals surface area contributed by atoms with Crippen molar-refractivity contribution in [1.29, 1.82) is 0 Å². The highest BCUT2D eigenvalue weighted by Gasteiger charge is 2.30. The Morgan fingerprint density at radius 3 is 0.970 bits per heavy atom. The molecule has 0 aliphatic carbocycles. The minimum absolute atomic E-state index is 0.0255. The summed E-state index contributed by atoms with van der Waals surface area (Å²) < 4.78 is 0.584. The van der Waals surface area contributed by atoms with E-state index in [4.69, 9.17) is 15.3 Å². The van der Waals surface area contributed by atoms with Crippen molar-refractivity contribution in [2.75, 3.05) is 39.5 Å². The number of aliphatic hydroxyl groups excluding tert-OH is 6. The van der Waals surface area contributed by atoms with Crippen LogP contribution in [0, 0.1) is 10.7 Å². The van der Waals surface area contributed by atoms with Crippen molar-refractivity contribution >= 4 is 85.5 Å². The predicted molar refractivity (Wildman–Crippen MR) is 141 cm³/mol. The first-order valence-electron chi connectivity index (χ1n) is 9.41. The molecule has 15 heteroatoms. The molecule has 0 radical (unpaired) electrons. The Bertz CT molecular complexity index is 742. The maximum absolute atomic E-state index is 12.9. The van der Waals surface area contributed by atoms with Gasteiger partial charge in [0, 0.05) is 30.3 Å². The number of carbonyl (C=O) groups is 3. The van der Waals surface area contributed by atoms with Crippen molar-refractivity contribution in [3.8, 4) is 0 Å². The number of amides is 3. The summed E-state index contributed by atoms with van der Waals surface area (Å²) in [6.07, 6.45) is -3.63. The Morgan fingerprint density at radius 1 is 0.576 bits per heavy atom. The molecule has 186 valence electrons. The van der Waals surface area contributed by atoms with Crippen molar-refractivity contribution in [2.45, 2.75) is 18.3 Å². The third kappa shape index (κ3) is 8.63. The van der Waals surface area contributed by atoms with Crippen LogP contribution in [0.5, 0.6) is 0 Å². The van der Waals surface area contributed by atoms with Gasteiger partial charge in [0.15, 0.2) is 0 Å². The number of halogens is 3. The van der Waals surface area contributed by atoms with E-state index >= 15 is 0 Å². The zero-order valence-corrected chi connectivity index (χ0v) is 23.5. The van der Waals surface area contributed by atoms with Crippen LogP contribution >= 0.6 is 67.8 Å². The SMILES string of the molecule is O=C(NC[C@@H](O)CO)c1c(I)c(C(=O)NC[C@@H](O)CO)c(I)c(C(=O)NC[C@@H](O)CO)c1I. The molecule has 0 aliphatic heterocycles. The van der Waals surface area contributed by atoms with Gasteiger partial charge in [0.25, 0.3) is 17.7 Å². The first-order valence-corrected chi connectivity index (χ1v) is 12.6. The summed E-state index contributed by atoms with van der Waals surface area (Å²) in [4.78, 5) is 38.6. The Kier molecular flexibility index (Phi) is 13.8. The van der Waals surface area contributed by atoms with Crippen LogP contribution in [0.1, 0.15) is 31.1 Å². The van der Waals surface area contributed by atoms with E-state index in [0.717, 1.165) is 0 Å². The molecule has 0 bridgehead atoms. The maximum Gasteiger partial charge on any atom is 0.253 e. The molecule has 1 rings (SSSR count). The second-order valence-corrected chi connectivity index (χ2v) is 9.94. The molecular weight excluding hydrogens is 783 g/mol. The fourth-order valence-corrected chi connectivity index (χ4v) is 6.99. The fourth-order valence-electron chi connectivity index (χ4n) is 2.35. The standard InChI is InChI=1S/C18H24I3N3O9/c19-13-10(16(31)22-1-7(28)4-25)14(20)12(18(33)24-3-9(30)6-27)15(21)11(13)17(32)23-2-8(29)5-26/h7-9,25-30H,1-6H2,(H,22,31)(H,23,32)(H,24,33)/t7-,8-,9-/m1/s1. The number of benzene rings is 1. The van der Waals surface area contributed by atoms with Gasteiger partial charge in [-0.05, 0) is 67.8 Å². The lowest BCUT2D eigenvalue weighted by molar-refractivity contribution is 0.0795. The van der Waals surface area contributed by atoms with Gasteiger partial charge < -0.3 is 46.6 Å². The summed E-state index contributed by atoms with van der Waals surface area (Å²) in [6, 6.07) is 0. The molecule has 0 spiro atoms. The van der Waals surface area contributed by atoms with Gasteiger partial charge >= 0.3 is 0 Å². The summed E-state index contributed by atoms with van der Waals surface area (Å²) in [5, 5.41) is 62.7. The highest BCUT2D eigenvalue weighted by Crippen LogP contribution is 2.32. The second kappa shape index (κ2) is 14.9. The molecule has 33 heavy (non-hydrogen) atoms.